The third-order valence-electron chi connectivity index (χ3n) is 5.52. The molecule has 1 aliphatic rings. The van der Waals surface area contributed by atoms with Crippen molar-refractivity contribution >= 4 is 0 Å². The molecule has 0 radical (unpaired) electrons. The maximum Gasteiger partial charge on any atom is 0.0706 e. The summed E-state index contributed by atoms with van der Waals surface area (Å²) in [4.78, 5) is 0. The number of hydrogen-bond donors (Lipinski definition) is 2. The molecule has 0 amide bonds. The molecule has 0 spiro atoms. The highest BCUT2D eigenvalue weighted by Gasteiger charge is 2.48. The van der Waals surface area contributed by atoms with Crippen LogP contribution in [-0.4, -0.2) is 10.7 Å². The maximum absolute atomic E-state index is 11.1. The summed E-state index contributed by atoms with van der Waals surface area (Å²) in [5, 5.41) is 14.9. The first-order valence-corrected chi connectivity index (χ1v) is 8.10. The first-order chi connectivity index (χ1) is 10.5. The van der Waals surface area contributed by atoms with Gasteiger partial charge in [-0.05, 0) is 18.1 Å². The van der Waals surface area contributed by atoms with Crippen molar-refractivity contribution in [3.63, 3.8) is 0 Å². The molecule has 1 unspecified atom stereocenters. The largest absolute Gasteiger partial charge is 0.389 e. The second-order valence-corrected chi connectivity index (χ2v) is 6.75. The van der Waals surface area contributed by atoms with Gasteiger partial charge in [0.1, 0.15) is 0 Å². The topological polar surface area (TPSA) is 32.3 Å². The number of aliphatic hydroxyl groups is 1. The van der Waals surface area contributed by atoms with Crippen molar-refractivity contribution in [2.45, 2.75) is 38.5 Å². The zero-order chi connectivity index (χ0) is 15.7. The van der Waals surface area contributed by atoms with E-state index < -0.39 is 5.60 Å². The molecule has 0 aliphatic carbocycles. The Morgan fingerprint density at radius 3 is 1.50 bits per heavy atom. The Bertz CT molecular complexity index is 555. The Balaban J connectivity index is 1.99. The van der Waals surface area contributed by atoms with Gasteiger partial charge in [-0.15, -0.1) is 0 Å². The molecule has 2 N–H and O–H groups in total. The predicted molar refractivity (Wildman–Crippen MR) is 90.5 cm³/mol. The summed E-state index contributed by atoms with van der Waals surface area (Å²) < 4.78 is 0. The van der Waals surface area contributed by atoms with Gasteiger partial charge in [0.05, 0.1) is 5.60 Å². The quantitative estimate of drug-likeness (QED) is 0.874. The van der Waals surface area contributed by atoms with E-state index in [0.717, 1.165) is 0 Å². The first-order valence-electron chi connectivity index (χ1n) is 8.10. The Kier molecular flexibility index (Phi) is 4.07. The highest BCUT2D eigenvalue weighted by molar-refractivity contribution is 5.27. The van der Waals surface area contributed by atoms with Crippen LogP contribution in [0.2, 0.25) is 0 Å². The summed E-state index contributed by atoms with van der Waals surface area (Å²) in [7, 11) is 0. The summed E-state index contributed by atoms with van der Waals surface area (Å²) in [6.07, 6.45) is 0. The van der Waals surface area contributed by atoms with Gasteiger partial charge in [0.15, 0.2) is 0 Å². The summed E-state index contributed by atoms with van der Waals surface area (Å²) >= 11 is 0. The molecule has 0 bridgehead atoms. The third kappa shape index (κ3) is 2.57. The van der Waals surface area contributed by atoms with E-state index in [1.807, 2.05) is 19.1 Å². The molecule has 1 aliphatic heterocycles. The molecular formula is C20H25NO. The van der Waals surface area contributed by atoms with Crippen LogP contribution in [0, 0.1) is 11.8 Å². The monoisotopic (exact) mass is 295 g/mol. The van der Waals surface area contributed by atoms with Gasteiger partial charge in [0.25, 0.3) is 0 Å². The molecule has 2 nitrogen and oxygen atoms in total. The summed E-state index contributed by atoms with van der Waals surface area (Å²) in [6, 6.07) is 21.2. The van der Waals surface area contributed by atoms with Gasteiger partial charge in [-0.3, -0.25) is 0 Å². The van der Waals surface area contributed by atoms with Crippen molar-refractivity contribution in [3.8, 4) is 0 Å². The Morgan fingerprint density at radius 1 is 0.773 bits per heavy atom. The van der Waals surface area contributed by atoms with E-state index in [-0.39, 0.29) is 23.9 Å². The molecule has 0 aromatic heterocycles. The third-order valence-corrected chi connectivity index (χ3v) is 5.52. The van der Waals surface area contributed by atoms with Gasteiger partial charge in [-0.1, -0.05) is 74.5 Å². The van der Waals surface area contributed by atoms with Crippen LogP contribution in [0.25, 0.3) is 0 Å². The van der Waals surface area contributed by atoms with Crippen LogP contribution < -0.4 is 5.32 Å². The van der Waals surface area contributed by atoms with Crippen molar-refractivity contribution in [2.24, 2.45) is 11.8 Å². The summed E-state index contributed by atoms with van der Waals surface area (Å²) in [5.74, 6) is 0.287. The lowest BCUT2D eigenvalue weighted by Crippen LogP contribution is -2.56. The molecule has 1 heterocycles. The summed E-state index contributed by atoms with van der Waals surface area (Å²) in [5.41, 5.74) is 1.76. The maximum atomic E-state index is 11.1. The Hall–Kier alpha value is -1.64. The van der Waals surface area contributed by atoms with Crippen LogP contribution in [0.1, 0.15) is 44.0 Å². The average Bonchev–Trinajstić information content (AvgIpc) is 2.55. The van der Waals surface area contributed by atoms with Gasteiger partial charge >= 0.3 is 0 Å². The van der Waals surface area contributed by atoms with Gasteiger partial charge in [0, 0.05) is 23.9 Å². The zero-order valence-electron chi connectivity index (χ0n) is 13.5. The van der Waals surface area contributed by atoms with Gasteiger partial charge in [-0.25, -0.2) is 0 Å². The lowest BCUT2D eigenvalue weighted by atomic mass is 9.67. The van der Waals surface area contributed by atoms with Crippen molar-refractivity contribution in [2.75, 3.05) is 0 Å². The smallest absolute Gasteiger partial charge is 0.0706 e. The molecule has 1 fully saturated rings. The van der Waals surface area contributed by atoms with Crippen LogP contribution in [0.5, 0.6) is 0 Å². The van der Waals surface area contributed by atoms with Crippen molar-refractivity contribution in [3.05, 3.63) is 71.8 Å². The fraction of sp³-hybridized carbons (Fsp3) is 0.400. The van der Waals surface area contributed by atoms with Gasteiger partial charge in [-0.2, -0.15) is 0 Å². The predicted octanol–water partition coefficient (Wildman–Crippen LogP) is 4.10. The minimum absolute atomic E-state index is 0.143. The fourth-order valence-corrected chi connectivity index (χ4v) is 3.66. The van der Waals surface area contributed by atoms with E-state index in [9.17, 15) is 5.11 Å². The highest BCUT2D eigenvalue weighted by Crippen LogP contribution is 2.46. The van der Waals surface area contributed by atoms with E-state index in [0.29, 0.717) is 0 Å². The fourth-order valence-electron chi connectivity index (χ4n) is 3.66. The minimum atomic E-state index is -0.716. The van der Waals surface area contributed by atoms with E-state index in [4.69, 9.17) is 0 Å². The molecule has 1 saturated heterocycles. The Morgan fingerprint density at radius 2 is 1.14 bits per heavy atom. The highest BCUT2D eigenvalue weighted by atomic mass is 16.3. The number of benzene rings is 2. The molecule has 2 heteroatoms. The molecule has 0 saturated carbocycles. The normalized spacial score (nSPS) is 35.3. The summed E-state index contributed by atoms with van der Waals surface area (Å²) in [6.45, 7) is 6.26. The molecule has 3 rings (SSSR count). The van der Waals surface area contributed by atoms with Gasteiger partial charge in [0.2, 0.25) is 0 Å². The molecule has 2 aromatic carbocycles. The molecule has 2 aromatic rings. The average molecular weight is 295 g/mol. The number of nitrogens with one attached hydrogen (secondary N) is 1. The van der Waals surface area contributed by atoms with E-state index in [1.165, 1.54) is 11.1 Å². The van der Waals surface area contributed by atoms with Crippen molar-refractivity contribution in [1.29, 1.82) is 0 Å². The SMILES string of the molecule is C[C@@H]1[C@@H](c2ccccc2)N[C@H](c2ccccc2)[C@H](C)C1(C)O. The molecule has 5 atom stereocenters. The van der Waals surface area contributed by atoms with Crippen LogP contribution in [0.4, 0.5) is 0 Å². The van der Waals surface area contributed by atoms with Crippen LogP contribution in [0.15, 0.2) is 60.7 Å². The van der Waals surface area contributed by atoms with Gasteiger partial charge < -0.3 is 10.4 Å². The number of piperidine rings is 1. The zero-order valence-corrected chi connectivity index (χ0v) is 13.5. The van der Waals surface area contributed by atoms with Crippen molar-refractivity contribution in [1.82, 2.24) is 5.32 Å². The lowest BCUT2D eigenvalue weighted by Gasteiger charge is -2.50. The number of hydrogen-bond acceptors (Lipinski definition) is 2. The first kappa shape index (κ1) is 15.3. The van der Waals surface area contributed by atoms with E-state index in [2.05, 4.69) is 67.7 Å². The van der Waals surface area contributed by atoms with E-state index >= 15 is 0 Å². The lowest BCUT2D eigenvalue weighted by molar-refractivity contribution is -0.0960. The standard InChI is InChI=1S/C20H25NO/c1-14-18(16-10-6-4-7-11-16)21-19(15(2)20(14,3)22)17-12-8-5-9-13-17/h4-15,18-19,21-22H,1-3H3/t14-,15+,18-,19-,20?/m0/s1. The number of rotatable bonds is 2. The van der Waals surface area contributed by atoms with Crippen LogP contribution >= 0.6 is 0 Å². The second kappa shape index (κ2) is 5.86. The second-order valence-electron chi connectivity index (χ2n) is 6.75. The Labute approximate surface area is 133 Å². The molecular weight excluding hydrogens is 270 g/mol. The van der Waals surface area contributed by atoms with Crippen LogP contribution in [0.3, 0.4) is 0 Å². The molecule has 116 valence electrons. The minimum Gasteiger partial charge on any atom is -0.389 e. The van der Waals surface area contributed by atoms with Crippen LogP contribution in [-0.2, 0) is 0 Å². The van der Waals surface area contributed by atoms with Crippen molar-refractivity contribution < 1.29 is 5.11 Å². The molecule has 22 heavy (non-hydrogen) atoms. The van der Waals surface area contributed by atoms with E-state index in [1.54, 1.807) is 0 Å².